The lowest BCUT2D eigenvalue weighted by Gasteiger charge is -2.04. The van der Waals surface area contributed by atoms with Gasteiger partial charge in [-0.1, -0.05) is 33.8 Å². The van der Waals surface area contributed by atoms with Crippen molar-refractivity contribution in [2.45, 2.75) is 60.4 Å². The number of hydrogen-bond acceptors (Lipinski definition) is 2. The van der Waals surface area contributed by atoms with Gasteiger partial charge in [-0.3, -0.25) is 4.79 Å². The molecule has 3 heteroatoms. The SMILES string of the molecule is CC.CC.Cc1ccc(C(=O)NC2CC2)nc1C. The third-order valence-corrected chi connectivity index (χ3v) is 2.50. The molecule has 1 saturated carbocycles. The minimum Gasteiger partial charge on any atom is -0.348 e. The molecule has 0 unspecified atom stereocenters. The highest BCUT2D eigenvalue weighted by atomic mass is 16.2. The molecule has 1 amide bonds. The van der Waals surface area contributed by atoms with E-state index >= 15 is 0 Å². The Bertz CT molecular complexity index is 371. The molecule has 0 atom stereocenters. The number of aromatic nitrogens is 1. The smallest absolute Gasteiger partial charge is 0.270 e. The summed E-state index contributed by atoms with van der Waals surface area (Å²) in [5, 5.41) is 2.92. The molecule has 0 spiro atoms. The Morgan fingerprint density at radius 1 is 1.17 bits per heavy atom. The van der Waals surface area contributed by atoms with Gasteiger partial charge in [0, 0.05) is 11.7 Å². The molecular formula is C15H26N2O. The zero-order valence-corrected chi connectivity index (χ0v) is 12.5. The Morgan fingerprint density at radius 2 is 1.72 bits per heavy atom. The van der Waals surface area contributed by atoms with Crippen LogP contribution in [-0.2, 0) is 0 Å². The molecule has 1 aromatic heterocycles. The largest absolute Gasteiger partial charge is 0.348 e. The van der Waals surface area contributed by atoms with E-state index in [9.17, 15) is 4.79 Å². The molecule has 102 valence electrons. The zero-order valence-electron chi connectivity index (χ0n) is 12.5. The topological polar surface area (TPSA) is 42.0 Å². The Labute approximate surface area is 111 Å². The first kappa shape index (κ1) is 16.6. The van der Waals surface area contributed by atoms with Crippen molar-refractivity contribution in [1.82, 2.24) is 10.3 Å². The van der Waals surface area contributed by atoms with E-state index in [-0.39, 0.29) is 5.91 Å². The van der Waals surface area contributed by atoms with Crippen LogP contribution in [0.2, 0.25) is 0 Å². The molecule has 0 aliphatic heterocycles. The maximum absolute atomic E-state index is 11.6. The average Bonchev–Trinajstić information content (AvgIpc) is 3.21. The van der Waals surface area contributed by atoms with E-state index in [0.717, 1.165) is 24.1 Å². The van der Waals surface area contributed by atoms with Gasteiger partial charge in [0.25, 0.3) is 5.91 Å². The third-order valence-electron chi connectivity index (χ3n) is 2.50. The van der Waals surface area contributed by atoms with Crippen LogP contribution in [0.15, 0.2) is 12.1 Å². The summed E-state index contributed by atoms with van der Waals surface area (Å²) in [6.07, 6.45) is 2.22. The highest BCUT2D eigenvalue weighted by Gasteiger charge is 2.24. The van der Waals surface area contributed by atoms with Gasteiger partial charge in [-0.15, -0.1) is 0 Å². The number of carbonyl (C=O) groups excluding carboxylic acids is 1. The third kappa shape index (κ3) is 5.30. The molecule has 0 aromatic carbocycles. The zero-order chi connectivity index (χ0) is 14.1. The second-order valence-electron chi connectivity index (χ2n) is 3.85. The Morgan fingerprint density at radius 3 is 2.17 bits per heavy atom. The summed E-state index contributed by atoms with van der Waals surface area (Å²) in [6, 6.07) is 4.11. The van der Waals surface area contributed by atoms with Crippen molar-refractivity contribution >= 4 is 5.91 Å². The van der Waals surface area contributed by atoms with Crippen LogP contribution in [0.1, 0.15) is 62.3 Å². The van der Waals surface area contributed by atoms with Crippen LogP contribution in [0.5, 0.6) is 0 Å². The summed E-state index contributed by atoms with van der Waals surface area (Å²) >= 11 is 0. The lowest BCUT2D eigenvalue weighted by Crippen LogP contribution is -2.26. The second kappa shape index (κ2) is 8.67. The highest BCUT2D eigenvalue weighted by molar-refractivity contribution is 5.92. The molecule has 1 heterocycles. The summed E-state index contributed by atoms with van der Waals surface area (Å²) in [5.41, 5.74) is 2.57. The first-order valence-corrected chi connectivity index (χ1v) is 6.92. The molecular weight excluding hydrogens is 224 g/mol. The van der Waals surface area contributed by atoms with Crippen molar-refractivity contribution in [3.8, 4) is 0 Å². The quantitative estimate of drug-likeness (QED) is 0.870. The molecule has 1 aliphatic rings. The average molecular weight is 250 g/mol. The predicted molar refractivity (Wildman–Crippen MR) is 76.9 cm³/mol. The molecule has 0 radical (unpaired) electrons. The lowest BCUT2D eigenvalue weighted by atomic mass is 10.2. The van der Waals surface area contributed by atoms with E-state index in [1.165, 1.54) is 0 Å². The fourth-order valence-electron chi connectivity index (χ4n) is 1.24. The number of aryl methyl sites for hydroxylation is 2. The lowest BCUT2D eigenvalue weighted by molar-refractivity contribution is 0.0946. The van der Waals surface area contributed by atoms with Crippen molar-refractivity contribution in [1.29, 1.82) is 0 Å². The van der Waals surface area contributed by atoms with Crippen molar-refractivity contribution in [2.75, 3.05) is 0 Å². The van der Waals surface area contributed by atoms with Crippen LogP contribution in [0.3, 0.4) is 0 Å². The molecule has 0 bridgehead atoms. The van der Waals surface area contributed by atoms with Crippen LogP contribution in [0.25, 0.3) is 0 Å². The van der Waals surface area contributed by atoms with E-state index in [1.807, 2.05) is 47.6 Å². The number of hydrogen-bond donors (Lipinski definition) is 1. The van der Waals surface area contributed by atoms with Crippen LogP contribution in [-0.4, -0.2) is 16.9 Å². The van der Waals surface area contributed by atoms with Crippen molar-refractivity contribution < 1.29 is 4.79 Å². The molecule has 1 aliphatic carbocycles. The molecule has 2 rings (SSSR count). The number of nitrogens with one attached hydrogen (secondary N) is 1. The van der Waals surface area contributed by atoms with Crippen molar-refractivity contribution in [3.63, 3.8) is 0 Å². The Kier molecular flexibility index (Phi) is 8.01. The van der Waals surface area contributed by atoms with Crippen LogP contribution < -0.4 is 5.32 Å². The summed E-state index contributed by atoms with van der Waals surface area (Å²) in [4.78, 5) is 15.8. The Hall–Kier alpha value is -1.38. The number of rotatable bonds is 2. The monoisotopic (exact) mass is 250 g/mol. The highest BCUT2D eigenvalue weighted by Crippen LogP contribution is 2.19. The van der Waals surface area contributed by atoms with Gasteiger partial charge >= 0.3 is 0 Å². The van der Waals surface area contributed by atoms with E-state index in [4.69, 9.17) is 0 Å². The summed E-state index contributed by atoms with van der Waals surface area (Å²) in [7, 11) is 0. The minimum atomic E-state index is -0.0457. The molecule has 18 heavy (non-hydrogen) atoms. The number of pyridine rings is 1. The number of nitrogens with zero attached hydrogens (tertiary/aromatic N) is 1. The van der Waals surface area contributed by atoms with Crippen LogP contribution in [0.4, 0.5) is 0 Å². The van der Waals surface area contributed by atoms with Gasteiger partial charge in [-0.2, -0.15) is 0 Å². The molecule has 1 aromatic rings. The predicted octanol–water partition coefficient (Wildman–Crippen LogP) is 3.64. The van der Waals surface area contributed by atoms with Gasteiger partial charge < -0.3 is 5.32 Å². The maximum atomic E-state index is 11.6. The molecule has 0 saturated heterocycles. The van der Waals surface area contributed by atoms with Gasteiger partial charge in [0.15, 0.2) is 0 Å². The maximum Gasteiger partial charge on any atom is 0.270 e. The van der Waals surface area contributed by atoms with Crippen molar-refractivity contribution in [3.05, 3.63) is 29.1 Å². The minimum absolute atomic E-state index is 0.0457. The molecule has 1 N–H and O–H groups in total. The van der Waals surface area contributed by atoms with Crippen LogP contribution >= 0.6 is 0 Å². The first-order chi connectivity index (χ1) is 8.66. The summed E-state index contributed by atoms with van der Waals surface area (Å²) in [6.45, 7) is 11.9. The van der Waals surface area contributed by atoms with E-state index < -0.39 is 0 Å². The van der Waals surface area contributed by atoms with Crippen molar-refractivity contribution in [2.24, 2.45) is 0 Å². The van der Waals surface area contributed by atoms with Gasteiger partial charge in [-0.05, 0) is 38.3 Å². The number of amides is 1. The van der Waals surface area contributed by atoms with E-state index in [0.29, 0.717) is 11.7 Å². The molecule has 3 nitrogen and oxygen atoms in total. The summed E-state index contributed by atoms with van der Waals surface area (Å²) in [5.74, 6) is -0.0457. The van der Waals surface area contributed by atoms with Gasteiger partial charge in [0.05, 0.1) is 0 Å². The normalized spacial score (nSPS) is 12.6. The van der Waals surface area contributed by atoms with Gasteiger partial charge in [0.2, 0.25) is 0 Å². The van der Waals surface area contributed by atoms with Crippen LogP contribution in [0, 0.1) is 13.8 Å². The second-order valence-corrected chi connectivity index (χ2v) is 3.85. The fourth-order valence-corrected chi connectivity index (χ4v) is 1.24. The Balaban J connectivity index is 0.000000659. The standard InChI is InChI=1S/C11H14N2O.2C2H6/c1-7-3-6-10(12-8(7)2)11(14)13-9-4-5-9;2*1-2/h3,6,9H,4-5H2,1-2H3,(H,13,14);2*1-2H3. The van der Waals surface area contributed by atoms with E-state index in [2.05, 4.69) is 10.3 Å². The molecule has 1 fully saturated rings. The van der Waals surface area contributed by atoms with E-state index in [1.54, 1.807) is 6.07 Å². The summed E-state index contributed by atoms with van der Waals surface area (Å²) < 4.78 is 0. The van der Waals surface area contributed by atoms with Gasteiger partial charge in [0.1, 0.15) is 5.69 Å². The van der Waals surface area contributed by atoms with Gasteiger partial charge in [-0.25, -0.2) is 4.98 Å². The fraction of sp³-hybridized carbons (Fsp3) is 0.600. The number of carbonyl (C=O) groups is 1. The first-order valence-electron chi connectivity index (χ1n) is 6.92.